The Kier molecular flexibility index (Phi) is 2.62. The zero-order valence-corrected chi connectivity index (χ0v) is 7.51. The highest BCUT2D eigenvalue weighted by atomic mass is 32.1. The van der Waals surface area contributed by atoms with Crippen molar-refractivity contribution in [3.8, 4) is 5.75 Å². The molecule has 0 aromatic heterocycles. The minimum Gasteiger partial charge on any atom is -0.508 e. The van der Waals surface area contributed by atoms with Gasteiger partial charge in [-0.05, 0) is 24.3 Å². The third-order valence-electron chi connectivity index (χ3n) is 1.43. The van der Waals surface area contributed by atoms with Gasteiger partial charge in [0.15, 0.2) is 0 Å². The number of phenols is 1. The molecular formula is C8H10N2OS. The Morgan fingerprint density at radius 1 is 1.42 bits per heavy atom. The van der Waals surface area contributed by atoms with Crippen molar-refractivity contribution < 1.29 is 5.11 Å². The summed E-state index contributed by atoms with van der Waals surface area (Å²) in [6.45, 7) is 0. The van der Waals surface area contributed by atoms with E-state index in [2.05, 4.69) is 0 Å². The average molecular weight is 182 g/mol. The molecule has 0 spiro atoms. The zero-order chi connectivity index (χ0) is 9.14. The summed E-state index contributed by atoms with van der Waals surface area (Å²) in [4.78, 5) is 0.551. The summed E-state index contributed by atoms with van der Waals surface area (Å²) in [6, 6.07) is 6.60. The van der Waals surface area contributed by atoms with Gasteiger partial charge in [-0.15, -0.1) is 0 Å². The van der Waals surface area contributed by atoms with E-state index in [0.29, 0.717) is 4.99 Å². The Bertz CT molecular complexity index is 282. The standard InChI is InChI=1S/C8H10N2OS/c1-10(9)8(12)6-2-4-7(11)5-3-6/h2-5,11H,9H2,1H3. The Morgan fingerprint density at radius 2 is 1.92 bits per heavy atom. The number of nitrogens with two attached hydrogens (primary N) is 1. The minimum atomic E-state index is 0.223. The van der Waals surface area contributed by atoms with Crippen LogP contribution in [0.3, 0.4) is 0 Å². The van der Waals surface area contributed by atoms with Gasteiger partial charge in [-0.25, -0.2) is 5.84 Å². The van der Waals surface area contributed by atoms with Crippen LogP contribution in [-0.4, -0.2) is 22.2 Å². The van der Waals surface area contributed by atoms with Crippen molar-refractivity contribution in [1.82, 2.24) is 5.01 Å². The fraction of sp³-hybridized carbons (Fsp3) is 0.125. The van der Waals surface area contributed by atoms with Crippen molar-refractivity contribution >= 4 is 17.2 Å². The van der Waals surface area contributed by atoms with Gasteiger partial charge in [-0.2, -0.15) is 0 Å². The van der Waals surface area contributed by atoms with E-state index in [4.69, 9.17) is 23.2 Å². The molecule has 0 radical (unpaired) electrons. The highest BCUT2D eigenvalue weighted by Gasteiger charge is 2.02. The molecule has 4 heteroatoms. The lowest BCUT2D eigenvalue weighted by atomic mass is 10.2. The van der Waals surface area contributed by atoms with Gasteiger partial charge in [0.1, 0.15) is 10.7 Å². The van der Waals surface area contributed by atoms with E-state index in [1.807, 2.05) is 0 Å². The molecule has 1 rings (SSSR count). The molecule has 0 bridgehead atoms. The molecule has 1 aromatic carbocycles. The second kappa shape index (κ2) is 3.51. The first-order valence-electron chi connectivity index (χ1n) is 3.43. The third kappa shape index (κ3) is 1.93. The first kappa shape index (κ1) is 8.96. The van der Waals surface area contributed by atoms with Gasteiger partial charge < -0.3 is 10.1 Å². The predicted molar refractivity (Wildman–Crippen MR) is 51.8 cm³/mol. The highest BCUT2D eigenvalue weighted by molar-refractivity contribution is 7.80. The van der Waals surface area contributed by atoms with Crippen LogP contribution in [0.25, 0.3) is 0 Å². The fourth-order valence-electron chi connectivity index (χ4n) is 0.808. The number of hydrogen-bond acceptors (Lipinski definition) is 3. The second-order valence-electron chi connectivity index (χ2n) is 2.46. The molecule has 0 aliphatic rings. The quantitative estimate of drug-likeness (QED) is 0.384. The molecule has 0 heterocycles. The maximum Gasteiger partial charge on any atom is 0.122 e. The van der Waals surface area contributed by atoms with Gasteiger partial charge in [-0.1, -0.05) is 12.2 Å². The topological polar surface area (TPSA) is 49.5 Å². The van der Waals surface area contributed by atoms with Crippen LogP contribution in [0.5, 0.6) is 5.75 Å². The van der Waals surface area contributed by atoms with Crippen LogP contribution in [0.15, 0.2) is 24.3 Å². The molecular weight excluding hydrogens is 172 g/mol. The molecule has 3 nitrogen and oxygen atoms in total. The Morgan fingerprint density at radius 3 is 2.33 bits per heavy atom. The van der Waals surface area contributed by atoms with Crippen molar-refractivity contribution in [3.05, 3.63) is 29.8 Å². The Balaban J connectivity index is 2.90. The lowest BCUT2D eigenvalue weighted by Crippen LogP contribution is -2.32. The number of phenolic OH excluding ortho intramolecular Hbond substituents is 1. The highest BCUT2D eigenvalue weighted by Crippen LogP contribution is 2.10. The first-order valence-corrected chi connectivity index (χ1v) is 3.84. The van der Waals surface area contributed by atoms with E-state index in [0.717, 1.165) is 5.56 Å². The fourth-order valence-corrected chi connectivity index (χ4v) is 0.944. The van der Waals surface area contributed by atoms with Gasteiger partial charge in [-0.3, -0.25) is 0 Å². The van der Waals surface area contributed by atoms with Crippen LogP contribution >= 0.6 is 12.2 Å². The SMILES string of the molecule is CN(N)C(=S)c1ccc(O)cc1. The second-order valence-corrected chi connectivity index (χ2v) is 2.85. The molecule has 0 aliphatic carbocycles. The van der Waals surface area contributed by atoms with Crippen LogP contribution in [-0.2, 0) is 0 Å². The Labute approximate surface area is 76.4 Å². The molecule has 0 fully saturated rings. The molecule has 0 atom stereocenters. The van der Waals surface area contributed by atoms with Crippen LogP contribution in [0.4, 0.5) is 0 Å². The zero-order valence-electron chi connectivity index (χ0n) is 6.69. The summed E-state index contributed by atoms with van der Waals surface area (Å²) in [6.07, 6.45) is 0. The van der Waals surface area contributed by atoms with Crippen LogP contribution in [0.2, 0.25) is 0 Å². The minimum absolute atomic E-state index is 0.223. The number of hydrazine groups is 1. The van der Waals surface area contributed by atoms with Gasteiger partial charge in [0.2, 0.25) is 0 Å². The molecule has 0 aliphatic heterocycles. The van der Waals surface area contributed by atoms with E-state index in [1.165, 1.54) is 5.01 Å². The predicted octanol–water partition coefficient (Wildman–Crippen LogP) is 0.873. The average Bonchev–Trinajstić information content (AvgIpc) is 2.04. The summed E-state index contributed by atoms with van der Waals surface area (Å²) >= 11 is 5.01. The van der Waals surface area contributed by atoms with E-state index in [-0.39, 0.29) is 5.75 Å². The normalized spacial score (nSPS) is 9.50. The van der Waals surface area contributed by atoms with Crippen LogP contribution in [0, 0.1) is 0 Å². The molecule has 0 saturated heterocycles. The number of hydrogen-bond donors (Lipinski definition) is 2. The van der Waals surface area contributed by atoms with Crippen LogP contribution < -0.4 is 5.84 Å². The van der Waals surface area contributed by atoms with Crippen molar-refractivity contribution in [2.45, 2.75) is 0 Å². The number of aromatic hydroxyl groups is 1. The number of nitrogens with zero attached hydrogens (tertiary/aromatic N) is 1. The lowest BCUT2D eigenvalue weighted by molar-refractivity contribution is 0.475. The first-order chi connectivity index (χ1) is 5.61. The summed E-state index contributed by atoms with van der Waals surface area (Å²) in [5.74, 6) is 5.66. The van der Waals surface area contributed by atoms with Gasteiger partial charge in [0, 0.05) is 12.6 Å². The van der Waals surface area contributed by atoms with Gasteiger partial charge >= 0.3 is 0 Å². The number of benzene rings is 1. The maximum atomic E-state index is 8.99. The summed E-state index contributed by atoms with van der Waals surface area (Å²) in [7, 11) is 1.68. The largest absolute Gasteiger partial charge is 0.508 e. The van der Waals surface area contributed by atoms with E-state index in [9.17, 15) is 0 Å². The number of rotatable bonds is 1. The summed E-state index contributed by atoms with van der Waals surface area (Å²) < 4.78 is 0. The molecule has 64 valence electrons. The van der Waals surface area contributed by atoms with E-state index in [1.54, 1.807) is 31.3 Å². The lowest BCUT2D eigenvalue weighted by Gasteiger charge is -2.12. The summed E-state index contributed by atoms with van der Waals surface area (Å²) in [5, 5.41) is 10.4. The van der Waals surface area contributed by atoms with E-state index >= 15 is 0 Å². The molecule has 1 aromatic rings. The molecule has 3 N–H and O–H groups in total. The van der Waals surface area contributed by atoms with Crippen molar-refractivity contribution in [2.75, 3.05) is 7.05 Å². The van der Waals surface area contributed by atoms with Gasteiger partial charge in [0.25, 0.3) is 0 Å². The maximum absolute atomic E-state index is 8.99. The van der Waals surface area contributed by atoms with Crippen molar-refractivity contribution in [3.63, 3.8) is 0 Å². The molecule has 12 heavy (non-hydrogen) atoms. The smallest absolute Gasteiger partial charge is 0.122 e. The molecule has 0 saturated carbocycles. The molecule has 0 unspecified atom stereocenters. The van der Waals surface area contributed by atoms with E-state index < -0.39 is 0 Å². The van der Waals surface area contributed by atoms with Crippen LogP contribution in [0.1, 0.15) is 5.56 Å². The molecule has 0 amide bonds. The monoisotopic (exact) mass is 182 g/mol. The third-order valence-corrected chi connectivity index (χ3v) is 1.96. The number of thiocarbonyl (C=S) groups is 1. The Hall–Kier alpha value is -1.13. The van der Waals surface area contributed by atoms with Crippen molar-refractivity contribution in [1.29, 1.82) is 0 Å². The van der Waals surface area contributed by atoms with Gasteiger partial charge in [0.05, 0.1) is 0 Å². The summed E-state index contributed by atoms with van der Waals surface area (Å²) in [5.41, 5.74) is 0.827. The van der Waals surface area contributed by atoms with Crippen molar-refractivity contribution in [2.24, 2.45) is 5.84 Å².